The minimum atomic E-state index is 0.151. The second-order valence-electron chi connectivity index (χ2n) is 2.60. The summed E-state index contributed by atoms with van der Waals surface area (Å²) in [7, 11) is 0. The molecular weight excluding hydrogens is 130 g/mol. The van der Waals surface area contributed by atoms with Crippen molar-refractivity contribution in [2.45, 2.75) is 18.9 Å². The molecule has 4 nitrogen and oxygen atoms in total. The molecule has 0 radical (unpaired) electrons. The summed E-state index contributed by atoms with van der Waals surface area (Å²) in [5, 5.41) is 8.82. The molecule has 0 bridgehead atoms. The van der Waals surface area contributed by atoms with Crippen molar-refractivity contribution in [2.75, 3.05) is 13.2 Å². The molecule has 0 aromatic carbocycles. The molecule has 1 fully saturated rings. The first-order valence-corrected chi connectivity index (χ1v) is 3.51. The van der Waals surface area contributed by atoms with Gasteiger partial charge in [0.1, 0.15) is 6.04 Å². The molecule has 1 rings (SSSR count). The third-order valence-electron chi connectivity index (χ3n) is 1.92. The van der Waals surface area contributed by atoms with Crippen LogP contribution >= 0.6 is 0 Å². The molecule has 1 aliphatic rings. The van der Waals surface area contributed by atoms with Crippen LogP contribution in [0.4, 0.5) is 0 Å². The van der Waals surface area contributed by atoms with Gasteiger partial charge >= 0.3 is 5.96 Å². The second kappa shape index (κ2) is 2.88. The van der Waals surface area contributed by atoms with Gasteiger partial charge in [-0.25, -0.2) is 0 Å². The van der Waals surface area contributed by atoms with Gasteiger partial charge in [-0.15, -0.1) is 0 Å². The third-order valence-corrected chi connectivity index (χ3v) is 1.92. The summed E-state index contributed by atoms with van der Waals surface area (Å²) in [6, 6.07) is 0.157. The van der Waals surface area contributed by atoms with E-state index in [-0.39, 0.29) is 12.6 Å². The maximum absolute atomic E-state index is 8.82. The van der Waals surface area contributed by atoms with Gasteiger partial charge in [0, 0.05) is 0 Å². The zero-order valence-corrected chi connectivity index (χ0v) is 5.95. The van der Waals surface area contributed by atoms with E-state index in [4.69, 9.17) is 16.6 Å². The van der Waals surface area contributed by atoms with Crippen molar-refractivity contribution in [3.63, 3.8) is 0 Å². The topological polar surface area (TPSA) is 75.3 Å². The van der Waals surface area contributed by atoms with Gasteiger partial charge in [-0.05, 0) is 12.8 Å². The van der Waals surface area contributed by atoms with Crippen molar-refractivity contribution in [1.29, 1.82) is 0 Å². The summed E-state index contributed by atoms with van der Waals surface area (Å²) in [5.74, 6) is 0.330. The predicted molar refractivity (Wildman–Crippen MR) is 38.6 cm³/mol. The number of nitrogens with two attached hydrogens (primary N) is 2. The maximum Gasteiger partial charge on any atom is 0.341 e. The fourth-order valence-corrected chi connectivity index (χ4v) is 1.37. The summed E-state index contributed by atoms with van der Waals surface area (Å²) in [6.45, 7) is 1.03. The lowest BCUT2D eigenvalue weighted by molar-refractivity contribution is -0.548. The van der Waals surface area contributed by atoms with Crippen molar-refractivity contribution in [1.82, 2.24) is 0 Å². The van der Waals surface area contributed by atoms with Gasteiger partial charge < -0.3 is 5.11 Å². The average Bonchev–Trinajstić information content (AvgIpc) is 2.33. The predicted octanol–water partition coefficient (Wildman–Crippen LogP) is -1.57. The van der Waals surface area contributed by atoms with E-state index in [1.165, 1.54) is 0 Å². The van der Waals surface area contributed by atoms with Crippen LogP contribution in [0.25, 0.3) is 0 Å². The van der Waals surface area contributed by atoms with E-state index in [2.05, 4.69) is 0 Å². The summed E-state index contributed by atoms with van der Waals surface area (Å²) >= 11 is 0. The average molecular weight is 144 g/mol. The Balaban J connectivity index is 2.68. The van der Waals surface area contributed by atoms with Crippen LogP contribution in [0.3, 0.4) is 0 Å². The monoisotopic (exact) mass is 144 g/mol. The van der Waals surface area contributed by atoms with Crippen LogP contribution in [0.15, 0.2) is 0 Å². The Labute approximate surface area is 60.1 Å². The molecule has 10 heavy (non-hydrogen) atoms. The summed E-state index contributed by atoms with van der Waals surface area (Å²) in [6.07, 6.45) is 2.07. The first kappa shape index (κ1) is 7.34. The summed E-state index contributed by atoms with van der Waals surface area (Å²) in [4.78, 5) is 0. The molecule has 58 valence electrons. The van der Waals surface area contributed by atoms with Crippen molar-refractivity contribution >= 4 is 5.96 Å². The molecule has 1 aliphatic heterocycles. The highest BCUT2D eigenvalue weighted by Gasteiger charge is 2.23. The van der Waals surface area contributed by atoms with Crippen molar-refractivity contribution in [3.05, 3.63) is 0 Å². The molecule has 0 aromatic heterocycles. The lowest BCUT2D eigenvalue weighted by Gasteiger charge is -2.07. The van der Waals surface area contributed by atoms with Crippen LogP contribution in [0, 0.1) is 0 Å². The highest BCUT2D eigenvalue weighted by Crippen LogP contribution is 2.10. The molecule has 5 N–H and O–H groups in total. The molecule has 1 heterocycles. The van der Waals surface area contributed by atoms with Crippen LogP contribution in [-0.2, 0) is 0 Å². The molecule has 1 atom stereocenters. The summed E-state index contributed by atoms with van der Waals surface area (Å²) < 4.78 is 1.85. The normalized spacial score (nSPS) is 25.3. The zero-order valence-electron chi connectivity index (χ0n) is 5.95. The SMILES string of the molecule is NC(N)=[N+]1CCC[C@H]1CO. The smallest absolute Gasteiger partial charge is 0.341 e. The highest BCUT2D eigenvalue weighted by molar-refractivity contribution is 5.70. The molecular formula is C6H14N3O+. The van der Waals surface area contributed by atoms with Crippen LogP contribution in [0.1, 0.15) is 12.8 Å². The van der Waals surface area contributed by atoms with E-state index < -0.39 is 0 Å². The standard InChI is InChI=1S/C6H13N3O/c7-6(8)9-3-1-2-5(9)4-10/h5,10H,1-4H2,(H3,7,8)/p+1/t5-/m0/s1. The fourth-order valence-electron chi connectivity index (χ4n) is 1.37. The van der Waals surface area contributed by atoms with Crippen LogP contribution in [-0.4, -0.2) is 34.8 Å². The Morgan fingerprint density at radius 1 is 1.60 bits per heavy atom. The maximum atomic E-state index is 8.82. The molecule has 0 aromatic rings. The number of aliphatic hydroxyl groups excluding tert-OH is 1. The lowest BCUT2D eigenvalue weighted by atomic mass is 10.2. The van der Waals surface area contributed by atoms with Crippen LogP contribution in [0.2, 0.25) is 0 Å². The van der Waals surface area contributed by atoms with E-state index in [1.54, 1.807) is 0 Å². The number of rotatable bonds is 1. The number of hydrogen-bond acceptors (Lipinski definition) is 1. The molecule has 0 amide bonds. The minimum Gasteiger partial charge on any atom is -0.393 e. The third kappa shape index (κ3) is 1.21. The van der Waals surface area contributed by atoms with Gasteiger partial charge in [-0.2, -0.15) is 0 Å². The lowest BCUT2D eigenvalue weighted by Crippen LogP contribution is -2.39. The Morgan fingerprint density at radius 2 is 2.30 bits per heavy atom. The van der Waals surface area contributed by atoms with E-state index in [0.717, 1.165) is 19.4 Å². The van der Waals surface area contributed by atoms with Crippen LogP contribution < -0.4 is 11.5 Å². The molecule has 0 spiro atoms. The zero-order chi connectivity index (χ0) is 7.56. The Hall–Kier alpha value is -0.770. The van der Waals surface area contributed by atoms with E-state index in [9.17, 15) is 0 Å². The van der Waals surface area contributed by atoms with E-state index >= 15 is 0 Å². The second-order valence-corrected chi connectivity index (χ2v) is 2.60. The summed E-state index contributed by atoms with van der Waals surface area (Å²) in [5.41, 5.74) is 10.7. The van der Waals surface area contributed by atoms with Gasteiger partial charge in [0.15, 0.2) is 0 Å². The number of hydrogen-bond donors (Lipinski definition) is 3. The first-order valence-electron chi connectivity index (χ1n) is 3.51. The highest BCUT2D eigenvalue weighted by atomic mass is 16.3. The Bertz CT molecular complexity index is 151. The number of nitrogens with zero attached hydrogens (tertiary/aromatic N) is 1. The molecule has 0 saturated carbocycles. The Kier molecular flexibility index (Phi) is 2.11. The van der Waals surface area contributed by atoms with E-state index in [1.807, 2.05) is 4.58 Å². The molecule has 4 heteroatoms. The van der Waals surface area contributed by atoms with Crippen molar-refractivity contribution < 1.29 is 9.68 Å². The van der Waals surface area contributed by atoms with Gasteiger partial charge in [-0.1, -0.05) is 0 Å². The quantitative estimate of drug-likeness (QED) is 0.307. The number of guanidine groups is 1. The van der Waals surface area contributed by atoms with Gasteiger partial charge in [-0.3, -0.25) is 16.0 Å². The molecule has 1 saturated heterocycles. The van der Waals surface area contributed by atoms with Crippen molar-refractivity contribution in [3.8, 4) is 0 Å². The van der Waals surface area contributed by atoms with Crippen molar-refractivity contribution in [2.24, 2.45) is 11.5 Å². The number of aliphatic hydroxyl groups is 1. The minimum absolute atomic E-state index is 0.151. The molecule has 0 unspecified atom stereocenters. The van der Waals surface area contributed by atoms with Gasteiger partial charge in [0.2, 0.25) is 0 Å². The fraction of sp³-hybridized carbons (Fsp3) is 0.833. The Morgan fingerprint density at radius 3 is 2.70 bits per heavy atom. The van der Waals surface area contributed by atoms with E-state index in [0.29, 0.717) is 5.96 Å². The van der Waals surface area contributed by atoms with Crippen LogP contribution in [0.5, 0.6) is 0 Å². The van der Waals surface area contributed by atoms with Gasteiger partial charge in [0.05, 0.1) is 13.2 Å². The molecule has 0 aliphatic carbocycles. The first-order chi connectivity index (χ1) is 4.75. The largest absolute Gasteiger partial charge is 0.393 e. The van der Waals surface area contributed by atoms with Gasteiger partial charge in [0.25, 0.3) is 0 Å².